The number of aliphatic hydroxyl groups is 1. The Labute approximate surface area is 165 Å². The van der Waals surface area contributed by atoms with Crippen LogP contribution < -0.4 is 4.90 Å². The van der Waals surface area contributed by atoms with Gasteiger partial charge in [-0.2, -0.15) is 5.26 Å². The first-order valence-electron chi connectivity index (χ1n) is 9.26. The second-order valence-corrected chi connectivity index (χ2v) is 7.39. The molecule has 2 aromatic rings. The average Bonchev–Trinajstić information content (AvgIpc) is 2.70. The van der Waals surface area contributed by atoms with Gasteiger partial charge in [0.2, 0.25) is 0 Å². The smallest absolute Gasteiger partial charge is 0.337 e. The summed E-state index contributed by atoms with van der Waals surface area (Å²) < 4.78 is 4.71. The minimum absolute atomic E-state index is 0.357. The fourth-order valence-corrected chi connectivity index (χ4v) is 3.58. The number of nitrogens with zero attached hydrogens (tertiary/aromatic N) is 3. The normalized spacial score (nSPS) is 15.4. The Balaban J connectivity index is 1.46. The van der Waals surface area contributed by atoms with Crippen LogP contribution in [-0.2, 0) is 11.2 Å². The van der Waals surface area contributed by atoms with Crippen molar-refractivity contribution >= 4 is 11.7 Å². The maximum absolute atomic E-state index is 11.5. The van der Waals surface area contributed by atoms with Crippen LogP contribution in [0.15, 0.2) is 48.5 Å². The quantitative estimate of drug-likeness (QED) is 0.742. The molecule has 1 N–H and O–H groups in total. The molecule has 0 bridgehead atoms. The lowest BCUT2D eigenvalue weighted by Crippen LogP contribution is -2.66. The summed E-state index contributed by atoms with van der Waals surface area (Å²) in [5.74, 6) is -0.357. The van der Waals surface area contributed by atoms with Gasteiger partial charge in [-0.15, -0.1) is 0 Å². The summed E-state index contributed by atoms with van der Waals surface area (Å²) in [4.78, 5) is 15.7. The van der Waals surface area contributed by atoms with Crippen molar-refractivity contribution in [3.8, 4) is 6.07 Å². The van der Waals surface area contributed by atoms with Crippen molar-refractivity contribution < 1.29 is 14.6 Å². The van der Waals surface area contributed by atoms with Crippen molar-refractivity contribution in [1.82, 2.24) is 4.90 Å². The summed E-state index contributed by atoms with van der Waals surface area (Å²) in [6, 6.07) is 16.9. The Hall–Kier alpha value is -2.88. The maximum atomic E-state index is 11.5. The standard InChI is InChI=1S/C22H25N3O3/c1-24(20-9-7-19(8-10-20)21(26)28-2)14-22(27)15-25(16-22)12-11-17-3-5-18(13-23)6-4-17/h3-10,27H,11-12,14-16H2,1-2H3. The van der Waals surface area contributed by atoms with E-state index in [9.17, 15) is 9.90 Å². The Bertz CT molecular complexity index is 850. The van der Waals surface area contributed by atoms with Crippen LogP contribution in [0.1, 0.15) is 21.5 Å². The van der Waals surface area contributed by atoms with E-state index in [2.05, 4.69) is 11.0 Å². The molecule has 0 atom stereocenters. The maximum Gasteiger partial charge on any atom is 0.337 e. The van der Waals surface area contributed by atoms with Gasteiger partial charge in [0, 0.05) is 38.9 Å². The number of nitriles is 1. The van der Waals surface area contributed by atoms with Gasteiger partial charge in [0.15, 0.2) is 0 Å². The van der Waals surface area contributed by atoms with E-state index >= 15 is 0 Å². The number of methoxy groups -OCH3 is 1. The number of β-amino-alcohol motifs (C(OH)–C–C–N with tert-alkyl or cyclic N) is 1. The molecule has 1 heterocycles. The van der Waals surface area contributed by atoms with Crippen LogP contribution in [0.25, 0.3) is 0 Å². The van der Waals surface area contributed by atoms with Crippen LogP contribution in [0.5, 0.6) is 0 Å². The molecule has 3 rings (SSSR count). The number of ether oxygens (including phenoxy) is 1. The average molecular weight is 379 g/mol. The van der Waals surface area contributed by atoms with Gasteiger partial charge in [-0.1, -0.05) is 12.1 Å². The molecule has 1 saturated heterocycles. The largest absolute Gasteiger partial charge is 0.465 e. The van der Waals surface area contributed by atoms with Gasteiger partial charge in [-0.25, -0.2) is 4.79 Å². The summed E-state index contributed by atoms with van der Waals surface area (Å²) in [5.41, 5.74) is 2.58. The number of benzene rings is 2. The van der Waals surface area contributed by atoms with Crippen LogP contribution in [0.4, 0.5) is 5.69 Å². The van der Waals surface area contributed by atoms with Gasteiger partial charge < -0.3 is 14.7 Å². The van der Waals surface area contributed by atoms with Crippen molar-refractivity contribution in [3.63, 3.8) is 0 Å². The van der Waals surface area contributed by atoms with E-state index in [-0.39, 0.29) is 5.97 Å². The third-order valence-corrected chi connectivity index (χ3v) is 5.10. The first kappa shape index (κ1) is 19.9. The second-order valence-electron chi connectivity index (χ2n) is 7.39. The molecule has 0 radical (unpaired) electrons. The van der Waals surface area contributed by atoms with Crippen molar-refractivity contribution in [1.29, 1.82) is 5.26 Å². The van der Waals surface area contributed by atoms with E-state index < -0.39 is 5.60 Å². The molecule has 2 aromatic carbocycles. The van der Waals surface area contributed by atoms with E-state index in [4.69, 9.17) is 10.00 Å². The highest BCUT2D eigenvalue weighted by Gasteiger charge is 2.41. The van der Waals surface area contributed by atoms with Crippen molar-refractivity contribution in [2.75, 3.05) is 45.2 Å². The zero-order valence-corrected chi connectivity index (χ0v) is 16.3. The number of carbonyl (C=O) groups is 1. The van der Waals surface area contributed by atoms with E-state index in [1.165, 1.54) is 12.7 Å². The molecule has 1 fully saturated rings. The molecule has 6 nitrogen and oxygen atoms in total. The molecule has 0 saturated carbocycles. The van der Waals surface area contributed by atoms with Crippen LogP contribution in [-0.4, -0.2) is 61.9 Å². The summed E-state index contributed by atoms with van der Waals surface area (Å²) in [6.07, 6.45) is 0.895. The summed E-state index contributed by atoms with van der Waals surface area (Å²) in [5, 5.41) is 19.6. The highest BCUT2D eigenvalue weighted by molar-refractivity contribution is 5.89. The monoisotopic (exact) mass is 379 g/mol. The van der Waals surface area contributed by atoms with Gasteiger partial charge in [0.1, 0.15) is 5.60 Å². The predicted molar refractivity (Wildman–Crippen MR) is 107 cm³/mol. The molecule has 1 aliphatic heterocycles. The molecule has 6 heteroatoms. The highest BCUT2D eigenvalue weighted by Crippen LogP contribution is 2.25. The van der Waals surface area contributed by atoms with Crippen LogP contribution in [0.3, 0.4) is 0 Å². The minimum atomic E-state index is -0.736. The van der Waals surface area contributed by atoms with E-state index in [1.54, 1.807) is 12.1 Å². The summed E-state index contributed by atoms with van der Waals surface area (Å²) in [7, 11) is 3.30. The number of likely N-dealkylation sites (N-methyl/N-ethyl adjacent to an activating group) is 1. The van der Waals surface area contributed by atoms with Crippen LogP contribution >= 0.6 is 0 Å². The molecule has 0 aromatic heterocycles. The third-order valence-electron chi connectivity index (χ3n) is 5.10. The molecule has 146 valence electrons. The van der Waals surface area contributed by atoms with Crippen LogP contribution in [0, 0.1) is 11.3 Å². The minimum Gasteiger partial charge on any atom is -0.465 e. The van der Waals surface area contributed by atoms with Gasteiger partial charge in [0.25, 0.3) is 0 Å². The number of likely N-dealkylation sites (tertiary alicyclic amines) is 1. The molecule has 0 amide bonds. The SMILES string of the molecule is COC(=O)c1ccc(N(C)CC2(O)CN(CCc3ccc(C#N)cc3)C2)cc1. The Morgan fingerprint density at radius 1 is 1.21 bits per heavy atom. The molecule has 28 heavy (non-hydrogen) atoms. The van der Waals surface area contributed by atoms with Crippen molar-refractivity contribution in [2.24, 2.45) is 0 Å². The Kier molecular flexibility index (Phi) is 5.98. The van der Waals surface area contributed by atoms with E-state index in [1.807, 2.05) is 48.3 Å². The lowest BCUT2D eigenvalue weighted by Gasteiger charge is -2.48. The fraction of sp³-hybridized carbons (Fsp3) is 0.364. The highest BCUT2D eigenvalue weighted by atomic mass is 16.5. The van der Waals surface area contributed by atoms with Gasteiger partial charge in [-0.3, -0.25) is 4.90 Å². The third kappa shape index (κ3) is 4.69. The topological polar surface area (TPSA) is 76.8 Å². The molecular formula is C22H25N3O3. The first-order valence-corrected chi connectivity index (χ1v) is 9.26. The molecule has 0 unspecified atom stereocenters. The first-order chi connectivity index (χ1) is 13.4. The zero-order valence-electron chi connectivity index (χ0n) is 16.3. The fourth-order valence-electron chi connectivity index (χ4n) is 3.58. The lowest BCUT2D eigenvalue weighted by atomic mass is 9.92. The number of carbonyl (C=O) groups excluding carboxylic acids is 1. The number of anilines is 1. The van der Waals surface area contributed by atoms with Gasteiger partial charge >= 0.3 is 5.97 Å². The summed E-state index contributed by atoms with van der Waals surface area (Å²) in [6.45, 7) is 2.67. The molecule has 0 spiro atoms. The van der Waals surface area contributed by atoms with Crippen molar-refractivity contribution in [2.45, 2.75) is 12.0 Å². The van der Waals surface area contributed by atoms with Crippen LogP contribution in [0.2, 0.25) is 0 Å². The number of rotatable bonds is 7. The predicted octanol–water partition coefficient (Wildman–Crippen LogP) is 2.07. The number of hydrogen-bond acceptors (Lipinski definition) is 6. The molecule has 0 aliphatic carbocycles. The Morgan fingerprint density at radius 3 is 2.43 bits per heavy atom. The molecular weight excluding hydrogens is 354 g/mol. The van der Waals surface area contributed by atoms with Crippen molar-refractivity contribution in [3.05, 3.63) is 65.2 Å². The molecule has 1 aliphatic rings. The number of esters is 1. The second kappa shape index (κ2) is 8.42. The number of hydrogen-bond donors (Lipinski definition) is 1. The lowest BCUT2D eigenvalue weighted by molar-refractivity contribution is -0.0896. The van der Waals surface area contributed by atoms with Gasteiger partial charge in [-0.05, 0) is 48.4 Å². The Morgan fingerprint density at radius 2 is 1.86 bits per heavy atom. The zero-order chi connectivity index (χ0) is 20.1. The van der Waals surface area contributed by atoms with E-state index in [0.29, 0.717) is 30.8 Å². The summed E-state index contributed by atoms with van der Waals surface area (Å²) >= 11 is 0. The van der Waals surface area contributed by atoms with Gasteiger partial charge in [0.05, 0.1) is 24.3 Å². The van der Waals surface area contributed by atoms with E-state index in [0.717, 1.165) is 18.7 Å².